The monoisotopic (exact) mass is 284 g/mol. The zero-order valence-electron chi connectivity index (χ0n) is 13.5. The smallest absolute Gasteiger partial charge is 0.0622 e. The maximum absolute atomic E-state index is 5.59. The fourth-order valence-electron chi connectivity index (χ4n) is 3.35. The molecule has 20 heavy (non-hydrogen) atoms. The molecule has 0 saturated carbocycles. The molecule has 2 aliphatic heterocycles. The number of hydrogen-bond donors (Lipinski definition) is 1. The molecule has 1 atom stereocenters. The molecule has 0 bridgehead atoms. The van der Waals surface area contributed by atoms with E-state index in [0.29, 0.717) is 17.4 Å². The van der Waals surface area contributed by atoms with E-state index in [1.165, 1.54) is 19.3 Å². The van der Waals surface area contributed by atoms with Crippen LogP contribution in [0.4, 0.5) is 0 Å². The molecule has 2 heterocycles. The SMILES string of the molecule is CC(C)CNCC1(CN(C)C2CCOC2)CCOCC1. The average molecular weight is 284 g/mol. The Morgan fingerprint density at radius 2 is 1.95 bits per heavy atom. The fraction of sp³-hybridized carbons (Fsp3) is 1.00. The molecule has 2 aliphatic rings. The molecule has 2 fully saturated rings. The third kappa shape index (κ3) is 4.69. The normalized spacial score (nSPS) is 26.6. The van der Waals surface area contributed by atoms with Gasteiger partial charge in [0.1, 0.15) is 0 Å². The van der Waals surface area contributed by atoms with Gasteiger partial charge >= 0.3 is 0 Å². The lowest BCUT2D eigenvalue weighted by Gasteiger charge is -2.41. The number of nitrogens with one attached hydrogen (secondary N) is 1. The quantitative estimate of drug-likeness (QED) is 0.772. The van der Waals surface area contributed by atoms with E-state index >= 15 is 0 Å². The van der Waals surface area contributed by atoms with Crippen LogP contribution in [0.15, 0.2) is 0 Å². The van der Waals surface area contributed by atoms with Crippen LogP contribution in [0.5, 0.6) is 0 Å². The van der Waals surface area contributed by atoms with Crippen LogP contribution in [0.25, 0.3) is 0 Å². The lowest BCUT2D eigenvalue weighted by molar-refractivity contribution is -0.00749. The Morgan fingerprint density at radius 3 is 2.55 bits per heavy atom. The van der Waals surface area contributed by atoms with Crippen molar-refractivity contribution < 1.29 is 9.47 Å². The summed E-state index contributed by atoms with van der Waals surface area (Å²) in [7, 11) is 2.26. The number of likely N-dealkylation sites (N-methyl/N-ethyl adjacent to an activating group) is 1. The van der Waals surface area contributed by atoms with E-state index < -0.39 is 0 Å². The van der Waals surface area contributed by atoms with Crippen molar-refractivity contribution in [3.63, 3.8) is 0 Å². The third-order valence-electron chi connectivity index (χ3n) is 4.72. The number of ether oxygens (including phenoxy) is 2. The first-order valence-electron chi connectivity index (χ1n) is 8.18. The van der Waals surface area contributed by atoms with Gasteiger partial charge in [0.25, 0.3) is 0 Å². The van der Waals surface area contributed by atoms with E-state index in [-0.39, 0.29) is 0 Å². The Labute approximate surface area is 124 Å². The second-order valence-corrected chi connectivity index (χ2v) is 7.07. The summed E-state index contributed by atoms with van der Waals surface area (Å²) in [6.45, 7) is 11.6. The van der Waals surface area contributed by atoms with E-state index in [1.54, 1.807) is 0 Å². The van der Waals surface area contributed by atoms with Gasteiger partial charge in [-0.25, -0.2) is 0 Å². The topological polar surface area (TPSA) is 33.7 Å². The van der Waals surface area contributed by atoms with Crippen molar-refractivity contribution in [2.75, 3.05) is 53.1 Å². The summed E-state index contributed by atoms with van der Waals surface area (Å²) >= 11 is 0. The molecule has 0 spiro atoms. The molecule has 2 rings (SSSR count). The molecular weight excluding hydrogens is 252 g/mol. The van der Waals surface area contributed by atoms with E-state index in [9.17, 15) is 0 Å². The van der Waals surface area contributed by atoms with Gasteiger partial charge < -0.3 is 19.7 Å². The fourth-order valence-corrected chi connectivity index (χ4v) is 3.35. The number of hydrogen-bond acceptors (Lipinski definition) is 4. The lowest BCUT2D eigenvalue weighted by Crippen LogP contribution is -2.49. The van der Waals surface area contributed by atoms with Gasteiger partial charge in [-0.05, 0) is 44.2 Å². The largest absolute Gasteiger partial charge is 0.381 e. The molecule has 0 aliphatic carbocycles. The summed E-state index contributed by atoms with van der Waals surface area (Å²) in [4.78, 5) is 2.52. The molecule has 1 N–H and O–H groups in total. The minimum atomic E-state index is 0.379. The molecule has 0 aromatic rings. The van der Waals surface area contributed by atoms with Crippen LogP contribution in [-0.4, -0.2) is 64.1 Å². The maximum atomic E-state index is 5.59. The van der Waals surface area contributed by atoms with E-state index in [0.717, 1.165) is 46.1 Å². The minimum Gasteiger partial charge on any atom is -0.381 e. The van der Waals surface area contributed by atoms with Gasteiger partial charge in [-0.3, -0.25) is 0 Å². The predicted molar refractivity (Wildman–Crippen MR) is 82.0 cm³/mol. The van der Waals surface area contributed by atoms with Gasteiger partial charge in [-0.15, -0.1) is 0 Å². The van der Waals surface area contributed by atoms with Crippen LogP contribution in [0.2, 0.25) is 0 Å². The lowest BCUT2D eigenvalue weighted by atomic mass is 9.79. The first-order valence-corrected chi connectivity index (χ1v) is 8.18. The van der Waals surface area contributed by atoms with Crippen molar-refractivity contribution in [3.05, 3.63) is 0 Å². The van der Waals surface area contributed by atoms with Crippen molar-refractivity contribution in [1.29, 1.82) is 0 Å². The van der Waals surface area contributed by atoms with Crippen molar-refractivity contribution in [3.8, 4) is 0 Å². The summed E-state index contributed by atoms with van der Waals surface area (Å²) in [5.74, 6) is 0.716. The van der Waals surface area contributed by atoms with Gasteiger partial charge in [0.05, 0.1) is 6.61 Å². The summed E-state index contributed by atoms with van der Waals surface area (Å²) in [5, 5.41) is 3.68. The summed E-state index contributed by atoms with van der Waals surface area (Å²) in [6, 6.07) is 0.611. The molecule has 0 aromatic heterocycles. The van der Waals surface area contributed by atoms with Crippen LogP contribution >= 0.6 is 0 Å². The summed E-state index contributed by atoms with van der Waals surface area (Å²) in [6.07, 6.45) is 3.54. The molecule has 4 nitrogen and oxygen atoms in total. The number of rotatable bonds is 7. The Kier molecular flexibility index (Phi) is 6.27. The first-order chi connectivity index (χ1) is 9.61. The Bertz CT molecular complexity index is 272. The van der Waals surface area contributed by atoms with Crippen LogP contribution in [0.3, 0.4) is 0 Å². The van der Waals surface area contributed by atoms with Crippen LogP contribution in [-0.2, 0) is 9.47 Å². The zero-order chi connectivity index (χ0) is 14.4. The van der Waals surface area contributed by atoms with Gasteiger partial charge in [0, 0.05) is 39.0 Å². The van der Waals surface area contributed by atoms with Crippen LogP contribution in [0.1, 0.15) is 33.1 Å². The standard InChI is InChI=1S/C16H32N2O2/c1-14(2)10-17-12-16(5-8-19-9-6-16)13-18(3)15-4-7-20-11-15/h14-15,17H,4-13H2,1-3H3. The van der Waals surface area contributed by atoms with Crippen molar-refractivity contribution in [2.24, 2.45) is 11.3 Å². The summed E-state index contributed by atoms with van der Waals surface area (Å²) in [5.41, 5.74) is 0.379. The third-order valence-corrected chi connectivity index (χ3v) is 4.72. The van der Waals surface area contributed by atoms with Crippen LogP contribution in [0, 0.1) is 11.3 Å². The second-order valence-electron chi connectivity index (χ2n) is 7.07. The number of nitrogens with zero attached hydrogens (tertiary/aromatic N) is 1. The molecule has 118 valence electrons. The minimum absolute atomic E-state index is 0.379. The maximum Gasteiger partial charge on any atom is 0.0622 e. The molecule has 0 amide bonds. The highest BCUT2D eigenvalue weighted by Gasteiger charge is 2.35. The average Bonchev–Trinajstić information content (AvgIpc) is 2.93. The van der Waals surface area contributed by atoms with Crippen molar-refractivity contribution >= 4 is 0 Å². The molecule has 4 heteroatoms. The van der Waals surface area contributed by atoms with E-state index in [4.69, 9.17) is 9.47 Å². The van der Waals surface area contributed by atoms with E-state index in [1.807, 2.05) is 0 Å². The van der Waals surface area contributed by atoms with E-state index in [2.05, 4.69) is 31.1 Å². The Balaban J connectivity index is 1.87. The second kappa shape index (κ2) is 7.74. The molecule has 0 radical (unpaired) electrons. The molecule has 2 saturated heterocycles. The molecule has 1 unspecified atom stereocenters. The van der Waals surface area contributed by atoms with Crippen molar-refractivity contribution in [2.45, 2.75) is 39.2 Å². The molecule has 0 aromatic carbocycles. The predicted octanol–water partition coefficient (Wildman–Crippen LogP) is 1.75. The molecular formula is C16H32N2O2. The van der Waals surface area contributed by atoms with Gasteiger partial charge in [0.15, 0.2) is 0 Å². The highest BCUT2D eigenvalue weighted by molar-refractivity contribution is 4.89. The van der Waals surface area contributed by atoms with Gasteiger partial charge in [-0.1, -0.05) is 13.8 Å². The highest BCUT2D eigenvalue weighted by atomic mass is 16.5. The first kappa shape index (κ1) is 16.2. The van der Waals surface area contributed by atoms with Gasteiger partial charge in [0.2, 0.25) is 0 Å². The highest BCUT2D eigenvalue weighted by Crippen LogP contribution is 2.32. The van der Waals surface area contributed by atoms with Crippen LogP contribution < -0.4 is 5.32 Å². The summed E-state index contributed by atoms with van der Waals surface area (Å²) < 4.78 is 11.1. The Hall–Kier alpha value is -0.160. The van der Waals surface area contributed by atoms with Gasteiger partial charge in [-0.2, -0.15) is 0 Å². The van der Waals surface area contributed by atoms with Crippen molar-refractivity contribution in [1.82, 2.24) is 10.2 Å². The Morgan fingerprint density at radius 1 is 1.20 bits per heavy atom. The zero-order valence-corrected chi connectivity index (χ0v) is 13.5.